The van der Waals surface area contributed by atoms with Crippen molar-refractivity contribution in [3.63, 3.8) is 0 Å². The Hall–Kier alpha value is -1.60. The normalized spacial score (nSPS) is 22.3. The van der Waals surface area contributed by atoms with Crippen LogP contribution in [0.2, 0.25) is 0 Å². The van der Waals surface area contributed by atoms with Gasteiger partial charge in [0, 0.05) is 25.5 Å². The predicted octanol–water partition coefficient (Wildman–Crippen LogP) is -0.302. The summed E-state index contributed by atoms with van der Waals surface area (Å²) in [7, 11) is 0. The molecule has 0 aromatic carbocycles. The summed E-state index contributed by atoms with van der Waals surface area (Å²) in [4.78, 5) is 6.41. The van der Waals surface area contributed by atoms with Gasteiger partial charge in [-0.1, -0.05) is 12.1 Å². The average molecular weight is 253 g/mol. The van der Waals surface area contributed by atoms with E-state index in [0.29, 0.717) is 12.4 Å². The van der Waals surface area contributed by atoms with E-state index in [9.17, 15) is 0 Å². The lowest BCUT2D eigenvalue weighted by molar-refractivity contribution is -0.0343. The Labute approximate surface area is 106 Å². The Morgan fingerprint density at radius 2 is 2.56 bits per heavy atom. The Balaban J connectivity index is 2.03. The molecular weight excluding hydrogens is 234 g/mol. The van der Waals surface area contributed by atoms with E-state index in [1.54, 1.807) is 6.20 Å². The Morgan fingerprint density at radius 3 is 3.28 bits per heavy atom. The van der Waals surface area contributed by atoms with Crippen molar-refractivity contribution in [3.8, 4) is 0 Å². The molecule has 1 saturated heterocycles. The van der Waals surface area contributed by atoms with E-state index in [1.165, 1.54) is 0 Å². The highest BCUT2D eigenvalue weighted by atomic mass is 16.5. The van der Waals surface area contributed by atoms with Gasteiger partial charge in [-0.15, -0.1) is 0 Å². The molecule has 1 atom stereocenters. The van der Waals surface area contributed by atoms with Crippen molar-refractivity contribution in [1.29, 1.82) is 0 Å². The van der Waals surface area contributed by atoms with Crippen molar-refractivity contribution in [3.05, 3.63) is 18.2 Å². The van der Waals surface area contributed by atoms with E-state index in [-0.39, 0.29) is 11.9 Å². The quantitative estimate of drug-likeness (QED) is 0.333. The Morgan fingerprint density at radius 1 is 1.72 bits per heavy atom. The smallest absolute Gasteiger partial charge is 0.206 e. The molecule has 1 unspecified atom stereocenters. The third kappa shape index (κ3) is 2.80. The number of aromatic nitrogens is 2. The van der Waals surface area contributed by atoms with Crippen molar-refractivity contribution < 1.29 is 9.94 Å². The standard InChI is InChI=1S/C11H19N5O2/c1-2-15-5-6-18-9(7-15)8-16-4-3-13-11(16)10(12)14-17/h3-4,9,17H,2,5-8H2,1H3,(H2,12,14). The molecule has 2 rings (SSSR count). The zero-order chi connectivity index (χ0) is 13.0. The summed E-state index contributed by atoms with van der Waals surface area (Å²) >= 11 is 0. The minimum absolute atomic E-state index is 0.0168. The molecule has 1 fully saturated rings. The highest BCUT2D eigenvalue weighted by molar-refractivity contribution is 5.93. The fraction of sp³-hybridized carbons (Fsp3) is 0.636. The summed E-state index contributed by atoms with van der Waals surface area (Å²) in [6, 6.07) is 0. The van der Waals surface area contributed by atoms with E-state index in [2.05, 4.69) is 22.0 Å². The number of imidazole rings is 1. The predicted molar refractivity (Wildman–Crippen MR) is 66.6 cm³/mol. The van der Waals surface area contributed by atoms with Crippen molar-refractivity contribution in [1.82, 2.24) is 14.5 Å². The van der Waals surface area contributed by atoms with Crippen molar-refractivity contribution in [2.24, 2.45) is 10.9 Å². The molecule has 2 heterocycles. The van der Waals surface area contributed by atoms with Crippen LogP contribution in [0.25, 0.3) is 0 Å². The van der Waals surface area contributed by atoms with E-state index >= 15 is 0 Å². The van der Waals surface area contributed by atoms with Gasteiger partial charge in [-0.3, -0.25) is 4.90 Å². The molecule has 1 aliphatic rings. The number of nitrogens with two attached hydrogens (primary N) is 1. The van der Waals surface area contributed by atoms with Crippen LogP contribution in [0.5, 0.6) is 0 Å². The Bertz CT molecular complexity index is 417. The van der Waals surface area contributed by atoms with Crippen molar-refractivity contribution in [2.75, 3.05) is 26.2 Å². The van der Waals surface area contributed by atoms with Crippen LogP contribution in [0.1, 0.15) is 12.7 Å². The summed E-state index contributed by atoms with van der Waals surface area (Å²) < 4.78 is 7.56. The number of hydrogen-bond acceptors (Lipinski definition) is 5. The third-order valence-electron chi connectivity index (χ3n) is 3.12. The van der Waals surface area contributed by atoms with E-state index < -0.39 is 0 Å². The molecule has 1 aromatic heterocycles. The van der Waals surface area contributed by atoms with Crippen LogP contribution in [0, 0.1) is 0 Å². The molecule has 0 bridgehead atoms. The van der Waals surface area contributed by atoms with Gasteiger partial charge in [0.25, 0.3) is 0 Å². The lowest BCUT2D eigenvalue weighted by Gasteiger charge is -2.32. The highest BCUT2D eigenvalue weighted by Gasteiger charge is 2.21. The van der Waals surface area contributed by atoms with Gasteiger partial charge in [-0.2, -0.15) is 0 Å². The lowest BCUT2D eigenvalue weighted by Crippen LogP contribution is -2.44. The molecule has 0 radical (unpaired) electrons. The molecule has 100 valence electrons. The van der Waals surface area contributed by atoms with Crippen LogP contribution >= 0.6 is 0 Å². The van der Waals surface area contributed by atoms with Crippen LogP contribution < -0.4 is 5.73 Å². The molecule has 7 nitrogen and oxygen atoms in total. The van der Waals surface area contributed by atoms with Crippen LogP contribution in [-0.2, 0) is 11.3 Å². The van der Waals surface area contributed by atoms with Crippen molar-refractivity contribution >= 4 is 5.84 Å². The highest BCUT2D eigenvalue weighted by Crippen LogP contribution is 2.09. The molecule has 7 heteroatoms. The molecule has 1 aromatic rings. The van der Waals surface area contributed by atoms with Gasteiger partial charge in [0.1, 0.15) is 0 Å². The van der Waals surface area contributed by atoms with E-state index in [0.717, 1.165) is 26.2 Å². The van der Waals surface area contributed by atoms with Gasteiger partial charge in [0.05, 0.1) is 19.3 Å². The van der Waals surface area contributed by atoms with E-state index in [4.69, 9.17) is 15.7 Å². The average Bonchev–Trinajstić information content (AvgIpc) is 2.86. The summed E-state index contributed by atoms with van der Waals surface area (Å²) in [6.45, 7) is 6.43. The molecule has 0 aliphatic carbocycles. The minimum atomic E-state index is 0.0168. The second kappa shape index (κ2) is 5.83. The van der Waals surface area contributed by atoms with Gasteiger partial charge in [0.15, 0.2) is 5.82 Å². The summed E-state index contributed by atoms with van der Waals surface area (Å²) in [5.41, 5.74) is 5.56. The molecule has 18 heavy (non-hydrogen) atoms. The van der Waals surface area contributed by atoms with Crippen molar-refractivity contribution in [2.45, 2.75) is 19.6 Å². The summed E-state index contributed by atoms with van der Waals surface area (Å²) in [6.07, 6.45) is 3.55. The van der Waals surface area contributed by atoms with Gasteiger partial charge < -0.3 is 20.2 Å². The molecular formula is C11H19N5O2. The maximum absolute atomic E-state index is 8.69. The third-order valence-corrected chi connectivity index (χ3v) is 3.12. The topological polar surface area (TPSA) is 88.9 Å². The molecule has 0 saturated carbocycles. The Kier molecular flexibility index (Phi) is 4.16. The first-order chi connectivity index (χ1) is 8.74. The number of likely N-dealkylation sites (N-methyl/N-ethyl adjacent to an activating group) is 1. The molecule has 0 amide bonds. The SMILES string of the molecule is CCN1CCOC(Cn2ccnc2C(N)=NO)C1. The van der Waals surface area contributed by atoms with E-state index in [1.807, 2.05) is 10.8 Å². The maximum Gasteiger partial charge on any atom is 0.206 e. The second-order valence-electron chi connectivity index (χ2n) is 4.27. The van der Waals surface area contributed by atoms with Gasteiger partial charge >= 0.3 is 0 Å². The fourth-order valence-electron chi connectivity index (χ4n) is 2.13. The first-order valence-electron chi connectivity index (χ1n) is 6.07. The number of morpholine rings is 1. The number of rotatable bonds is 4. The number of nitrogens with zero attached hydrogens (tertiary/aromatic N) is 4. The van der Waals surface area contributed by atoms with Gasteiger partial charge in [0.2, 0.25) is 5.84 Å². The van der Waals surface area contributed by atoms with Gasteiger partial charge in [-0.25, -0.2) is 4.98 Å². The molecule has 1 aliphatic heterocycles. The molecule has 3 N–H and O–H groups in total. The minimum Gasteiger partial charge on any atom is -0.409 e. The number of ether oxygens (including phenoxy) is 1. The zero-order valence-electron chi connectivity index (χ0n) is 10.5. The first-order valence-corrected chi connectivity index (χ1v) is 6.07. The lowest BCUT2D eigenvalue weighted by atomic mass is 10.2. The van der Waals surface area contributed by atoms with Crippen LogP contribution in [0.3, 0.4) is 0 Å². The summed E-state index contributed by atoms with van der Waals surface area (Å²) in [5.74, 6) is 0.484. The largest absolute Gasteiger partial charge is 0.409 e. The zero-order valence-corrected chi connectivity index (χ0v) is 10.5. The van der Waals surface area contributed by atoms with Crippen LogP contribution in [0.4, 0.5) is 0 Å². The van der Waals surface area contributed by atoms with Crippen LogP contribution in [0.15, 0.2) is 17.5 Å². The number of oxime groups is 1. The maximum atomic E-state index is 8.69. The first kappa shape index (κ1) is 12.8. The monoisotopic (exact) mass is 253 g/mol. The van der Waals surface area contributed by atoms with Crippen LogP contribution in [-0.4, -0.2) is 57.8 Å². The number of hydrogen-bond donors (Lipinski definition) is 2. The second-order valence-corrected chi connectivity index (χ2v) is 4.27. The number of amidine groups is 1. The molecule has 0 spiro atoms. The summed E-state index contributed by atoms with van der Waals surface area (Å²) in [5, 5.41) is 11.7. The fourth-order valence-corrected chi connectivity index (χ4v) is 2.13. The van der Waals surface area contributed by atoms with Gasteiger partial charge in [-0.05, 0) is 6.54 Å².